The summed E-state index contributed by atoms with van der Waals surface area (Å²) < 4.78 is 12.3. The summed E-state index contributed by atoms with van der Waals surface area (Å²) in [6.45, 7) is 8.32. The Morgan fingerprint density at radius 3 is 2.37 bits per heavy atom. The van der Waals surface area contributed by atoms with E-state index in [1.807, 2.05) is 6.20 Å². The Hall–Kier alpha value is -1.26. The average molecular weight is 257 g/mol. The first kappa shape index (κ1) is 12.8. The van der Waals surface area contributed by atoms with Crippen molar-refractivity contribution in [1.29, 1.82) is 0 Å². The second kappa shape index (κ2) is 4.12. The normalized spacial score (nSPS) is 26.9. The van der Waals surface area contributed by atoms with Crippen molar-refractivity contribution in [2.45, 2.75) is 44.8 Å². The van der Waals surface area contributed by atoms with E-state index in [9.17, 15) is 0 Å². The fraction of sp³-hybridized carbons (Fsp3) is 0.467. The molecule has 3 nitrogen and oxygen atoms in total. The van der Waals surface area contributed by atoms with Crippen LogP contribution in [-0.2, 0) is 9.31 Å². The zero-order valence-corrected chi connectivity index (χ0v) is 11.9. The van der Waals surface area contributed by atoms with Gasteiger partial charge in [0.25, 0.3) is 0 Å². The molecular formula is C15H20BNO2. The van der Waals surface area contributed by atoms with Gasteiger partial charge in [0.1, 0.15) is 0 Å². The van der Waals surface area contributed by atoms with E-state index in [2.05, 4.69) is 63.4 Å². The highest BCUT2D eigenvalue weighted by atomic mass is 16.7. The molecule has 1 aromatic rings. The lowest BCUT2D eigenvalue weighted by Gasteiger charge is -2.32. The summed E-state index contributed by atoms with van der Waals surface area (Å²) in [5.41, 5.74) is 1.86. The van der Waals surface area contributed by atoms with Crippen molar-refractivity contribution in [1.82, 2.24) is 5.32 Å². The maximum Gasteiger partial charge on any atom is 0.486 e. The summed E-state index contributed by atoms with van der Waals surface area (Å²) in [7, 11) is -0.268. The van der Waals surface area contributed by atoms with Gasteiger partial charge in [-0.15, -0.1) is 0 Å². The Balaban J connectivity index is 1.92. The van der Waals surface area contributed by atoms with Crippen LogP contribution in [-0.4, -0.2) is 18.3 Å². The molecule has 0 spiro atoms. The predicted octanol–water partition coefficient (Wildman–Crippen LogP) is 2.93. The lowest BCUT2D eigenvalue weighted by atomic mass is 9.72. The highest BCUT2D eigenvalue weighted by Gasteiger charge is 2.54. The molecule has 0 saturated carbocycles. The molecule has 1 atom stereocenters. The number of nitrogens with one attached hydrogen (secondary N) is 1. The van der Waals surface area contributed by atoms with Gasteiger partial charge < -0.3 is 14.6 Å². The van der Waals surface area contributed by atoms with E-state index in [4.69, 9.17) is 9.31 Å². The maximum atomic E-state index is 6.14. The zero-order chi connectivity index (χ0) is 13.7. The van der Waals surface area contributed by atoms with E-state index in [1.165, 1.54) is 11.1 Å². The molecule has 0 amide bonds. The topological polar surface area (TPSA) is 30.5 Å². The minimum absolute atomic E-state index is 0.0437. The Morgan fingerprint density at radius 2 is 1.68 bits per heavy atom. The van der Waals surface area contributed by atoms with E-state index in [0.717, 1.165) is 0 Å². The monoisotopic (exact) mass is 257 g/mol. The molecule has 4 heteroatoms. The molecule has 1 N–H and O–H groups in total. The van der Waals surface area contributed by atoms with Crippen molar-refractivity contribution < 1.29 is 9.31 Å². The maximum absolute atomic E-state index is 6.14. The van der Waals surface area contributed by atoms with Gasteiger partial charge in [-0.2, -0.15) is 0 Å². The summed E-state index contributed by atoms with van der Waals surface area (Å²) in [5.74, 6) is 0.0437. The SMILES string of the molecule is CC1(C)OB(C2NC=Cc3ccccc32)OC1(C)C. The summed E-state index contributed by atoms with van der Waals surface area (Å²) in [6, 6.07) is 8.35. The minimum atomic E-state index is -0.296. The van der Waals surface area contributed by atoms with E-state index in [0.29, 0.717) is 0 Å². The molecule has 2 aliphatic rings. The first-order valence-electron chi connectivity index (χ1n) is 6.78. The van der Waals surface area contributed by atoms with E-state index >= 15 is 0 Å². The standard InChI is InChI=1S/C15H20BNO2/c1-14(2)15(3,4)19-16(18-14)13-12-8-6-5-7-11(12)9-10-17-13/h5-10,13,17H,1-4H3. The van der Waals surface area contributed by atoms with Crippen molar-refractivity contribution in [3.8, 4) is 0 Å². The Bertz CT molecular complexity index is 509. The quantitative estimate of drug-likeness (QED) is 0.784. The lowest BCUT2D eigenvalue weighted by Crippen LogP contribution is -2.41. The largest absolute Gasteiger partial charge is 0.486 e. The van der Waals surface area contributed by atoms with Crippen LogP contribution < -0.4 is 5.32 Å². The van der Waals surface area contributed by atoms with Crippen LogP contribution >= 0.6 is 0 Å². The molecule has 1 saturated heterocycles. The smallest absolute Gasteiger partial charge is 0.402 e. The fourth-order valence-corrected chi connectivity index (χ4v) is 2.53. The van der Waals surface area contributed by atoms with Crippen LogP contribution in [0.5, 0.6) is 0 Å². The molecule has 19 heavy (non-hydrogen) atoms. The van der Waals surface area contributed by atoms with Crippen LogP contribution in [0.25, 0.3) is 6.08 Å². The van der Waals surface area contributed by atoms with E-state index < -0.39 is 0 Å². The molecule has 2 aliphatic heterocycles. The third kappa shape index (κ3) is 1.99. The van der Waals surface area contributed by atoms with Crippen LogP contribution in [0.3, 0.4) is 0 Å². The van der Waals surface area contributed by atoms with Crippen LogP contribution in [0.2, 0.25) is 0 Å². The molecule has 1 fully saturated rings. The third-order valence-corrected chi connectivity index (χ3v) is 4.41. The van der Waals surface area contributed by atoms with Gasteiger partial charge in [-0.05, 0) is 51.1 Å². The summed E-state index contributed by atoms with van der Waals surface area (Å²) >= 11 is 0. The molecule has 100 valence electrons. The van der Waals surface area contributed by atoms with E-state index in [-0.39, 0.29) is 24.3 Å². The van der Waals surface area contributed by atoms with Gasteiger partial charge in [-0.1, -0.05) is 24.3 Å². The van der Waals surface area contributed by atoms with Gasteiger partial charge in [-0.25, -0.2) is 0 Å². The van der Waals surface area contributed by atoms with Crippen LogP contribution in [0.1, 0.15) is 44.8 Å². The van der Waals surface area contributed by atoms with Gasteiger partial charge in [-0.3, -0.25) is 0 Å². The fourth-order valence-electron chi connectivity index (χ4n) is 2.53. The number of benzene rings is 1. The molecule has 1 unspecified atom stereocenters. The van der Waals surface area contributed by atoms with Gasteiger partial charge in [0.2, 0.25) is 0 Å². The molecule has 0 radical (unpaired) electrons. The van der Waals surface area contributed by atoms with Crippen LogP contribution in [0.4, 0.5) is 0 Å². The predicted molar refractivity (Wildman–Crippen MR) is 77.4 cm³/mol. The van der Waals surface area contributed by atoms with Crippen molar-refractivity contribution >= 4 is 13.2 Å². The Morgan fingerprint density at radius 1 is 1.05 bits per heavy atom. The number of rotatable bonds is 1. The molecule has 0 aliphatic carbocycles. The van der Waals surface area contributed by atoms with Crippen LogP contribution in [0.15, 0.2) is 30.5 Å². The number of hydrogen-bond acceptors (Lipinski definition) is 3. The summed E-state index contributed by atoms with van der Waals surface area (Å²) in [5, 5.41) is 3.36. The van der Waals surface area contributed by atoms with E-state index in [1.54, 1.807) is 0 Å². The third-order valence-electron chi connectivity index (χ3n) is 4.41. The molecular weight excluding hydrogens is 237 g/mol. The zero-order valence-electron chi connectivity index (χ0n) is 11.9. The number of hydrogen-bond donors (Lipinski definition) is 1. The molecule has 0 bridgehead atoms. The van der Waals surface area contributed by atoms with Gasteiger partial charge in [0.15, 0.2) is 0 Å². The summed E-state index contributed by atoms with van der Waals surface area (Å²) in [4.78, 5) is 0. The molecule has 3 rings (SSSR count). The van der Waals surface area contributed by atoms with Crippen molar-refractivity contribution in [2.24, 2.45) is 0 Å². The Kier molecular flexibility index (Phi) is 2.77. The summed E-state index contributed by atoms with van der Waals surface area (Å²) in [6.07, 6.45) is 4.05. The second-order valence-electron chi connectivity index (χ2n) is 6.23. The van der Waals surface area contributed by atoms with Crippen molar-refractivity contribution in [3.05, 3.63) is 41.6 Å². The molecule has 1 aromatic carbocycles. The first-order valence-corrected chi connectivity index (χ1v) is 6.78. The highest BCUT2D eigenvalue weighted by molar-refractivity contribution is 6.47. The Labute approximate surface area is 115 Å². The van der Waals surface area contributed by atoms with Crippen molar-refractivity contribution in [3.63, 3.8) is 0 Å². The van der Waals surface area contributed by atoms with Crippen LogP contribution in [0, 0.1) is 0 Å². The van der Waals surface area contributed by atoms with Crippen molar-refractivity contribution in [2.75, 3.05) is 0 Å². The molecule has 0 aromatic heterocycles. The average Bonchev–Trinajstić information content (AvgIpc) is 2.58. The van der Waals surface area contributed by atoms with Gasteiger partial charge in [0.05, 0.1) is 17.1 Å². The minimum Gasteiger partial charge on any atom is -0.402 e. The molecule has 2 heterocycles. The number of fused-ring (bicyclic) bond motifs is 1. The second-order valence-corrected chi connectivity index (χ2v) is 6.23. The first-order chi connectivity index (χ1) is 8.91. The lowest BCUT2D eigenvalue weighted by molar-refractivity contribution is 0.00578. The highest BCUT2D eigenvalue weighted by Crippen LogP contribution is 2.41. The van der Waals surface area contributed by atoms with Gasteiger partial charge >= 0.3 is 7.12 Å². The van der Waals surface area contributed by atoms with Gasteiger partial charge in [0, 0.05) is 0 Å².